The van der Waals surface area contributed by atoms with Crippen LogP contribution in [0.1, 0.15) is 35.0 Å². The van der Waals surface area contributed by atoms with Gasteiger partial charge in [0.05, 0.1) is 5.02 Å². The van der Waals surface area contributed by atoms with E-state index in [2.05, 4.69) is 20.1 Å². The molecule has 0 atom stereocenters. The number of carbonyl (C=O) groups excluding carboxylic acids is 1. The van der Waals surface area contributed by atoms with Gasteiger partial charge in [0, 0.05) is 31.5 Å². The number of rotatable bonds is 5. The number of hydrogen-bond acceptors (Lipinski definition) is 4. The van der Waals surface area contributed by atoms with Crippen molar-refractivity contribution in [1.29, 1.82) is 0 Å². The topological polar surface area (TPSA) is 73.0 Å². The fraction of sp³-hybridized carbons (Fsp3) is 0.316. The summed E-state index contributed by atoms with van der Waals surface area (Å²) in [5, 5.41) is 11.9. The highest BCUT2D eigenvalue weighted by molar-refractivity contribution is 6.33. The van der Waals surface area contributed by atoms with Crippen molar-refractivity contribution >= 4 is 17.5 Å². The Hall–Kier alpha value is -2.60. The molecule has 3 aromatic rings. The third kappa shape index (κ3) is 3.37. The summed E-state index contributed by atoms with van der Waals surface area (Å²) < 4.78 is 7.83. The third-order valence-electron chi connectivity index (χ3n) is 4.54. The van der Waals surface area contributed by atoms with E-state index in [1.54, 1.807) is 18.2 Å². The Morgan fingerprint density at radius 2 is 2.08 bits per heavy atom. The van der Waals surface area contributed by atoms with Gasteiger partial charge in [0.1, 0.15) is 17.4 Å². The summed E-state index contributed by atoms with van der Waals surface area (Å²) in [4.78, 5) is 12.3. The third-order valence-corrected chi connectivity index (χ3v) is 4.87. The minimum Gasteiger partial charge on any atom is -0.451 e. The zero-order chi connectivity index (χ0) is 17.9. The lowest BCUT2D eigenvalue weighted by molar-refractivity contribution is 0.0927. The Balaban J connectivity index is 1.37. The van der Waals surface area contributed by atoms with E-state index >= 15 is 0 Å². The smallest absolute Gasteiger partial charge is 0.287 e. The minimum atomic E-state index is -0.248. The van der Waals surface area contributed by atoms with Crippen molar-refractivity contribution in [1.82, 2.24) is 20.1 Å². The lowest BCUT2D eigenvalue weighted by Gasteiger charge is -2.14. The molecular formula is C19H19ClN4O2. The van der Waals surface area contributed by atoms with Gasteiger partial charge in [-0.05, 0) is 37.1 Å². The van der Waals surface area contributed by atoms with Crippen LogP contribution in [0.25, 0.3) is 11.3 Å². The molecule has 2 aromatic heterocycles. The van der Waals surface area contributed by atoms with Crippen LogP contribution in [0.2, 0.25) is 5.02 Å². The Kier molecular flexibility index (Phi) is 4.75. The SMILES string of the molecule is O=C(NCCc1nnc2n1CCCC2)c1ccc(-c2ccccc2Cl)o1. The van der Waals surface area contributed by atoms with Crippen LogP contribution in [0.15, 0.2) is 40.8 Å². The molecule has 0 aliphatic carbocycles. The lowest BCUT2D eigenvalue weighted by atomic mass is 10.1. The first-order chi connectivity index (χ1) is 12.7. The van der Waals surface area contributed by atoms with Crippen LogP contribution in [-0.4, -0.2) is 27.2 Å². The van der Waals surface area contributed by atoms with Crippen LogP contribution in [0, 0.1) is 0 Å². The van der Waals surface area contributed by atoms with Gasteiger partial charge in [-0.2, -0.15) is 0 Å². The normalized spacial score (nSPS) is 13.4. The Labute approximate surface area is 156 Å². The van der Waals surface area contributed by atoms with Crippen LogP contribution in [-0.2, 0) is 19.4 Å². The maximum atomic E-state index is 12.3. The number of benzene rings is 1. The van der Waals surface area contributed by atoms with Crippen molar-refractivity contribution in [2.75, 3.05) is 6.54 Å². The Morgan fingerprint density at radius 3 is 2.96 bits per heavy atom. The summed E-state index contributed by atoms with van der Waals surface area (Å²) in [5.41, 5.74) is 0.767. The standard InChI is InChI=1S/C19H19ClN4O2/c20-14-6-2-1-5-13(14)15-8-9-16(26-15)19(25)21-11-10-18-23-22-17-7-3-4-12-24(17)18/h1-2,5-6,8-9H,3-4,7,10-12H2,(H,21,25). The van der Waals surface area contributed by atoms with Crippen molar-refractivity contribution in [2.24, 2.45) is 0 Å². The van der Waals surface area contributed by atoms with Gasteiger partial charge in [-0.3, -0.25) is 4.79 Å². The molecule has 0 spiro atoms. The van der Waals surface area contributed by atoms with Crippen LogP contribution in [0.3, 0.4) is 0 Å². The van der Waals surface area contributed by atoms with Gasteiger partial charge >= 0.3 is 0 Å². The molecule has 6 nitrogen and oxygen atoms in total. The summed E-state index contributed by atoms with van der Waals surface area (Å²) in [5.74, 6) is 2.57. The molecule has 0 fully saturated rings. The molecule has 1 aromatic carbocycles. The molecule has 7 heteroatoms. The number of furan rings is 1. The molecule has 0 saturated carbocycles. The molecule has 0 saturated heterocycles. The molecule has 1 aliphatic rings. The zero-order valence-electron chi connectivity index (χ0n) is 14.2. The Morgan fingerprint density at radius 1 is 1.19 bits per heavy atom. The van der Waals surface area contributed by atoms with Gasteiger partial charge < -0.3 is 14.3 Å². The molecule has 1 aliphatic heterocycles. The molecule has 0 bridgehead atoms. The Bertz CT molecular complexity index is 931. The summed E-state index contributed by atoms with van der Waals surface area (Å²) in [7, 11) is 0. The predicted octanol–water partition coefficient (Wildman–Crippen LogP) is 3.50. The van der Waals surface area contributed by atoms with Gasteiger partial charge in [0.15, 0.2) is 5.76 Å². The van der Waals surface area contributed by atoms with Gasteiger partial charge in [-0.15, -0.1) is 10.2 Å². The molecule has 4 rings (SSSR count). The minimum absolute atomic E-state index is 0.248. The van der Waals surface area contributed by atoms with Crippen molar-refractivity contribution in [2.45, 2.75) is 32.2 Å². The van der Waals surface area contributed by atoms with E-state index in [-0.39, 0.29) is 11.7 Å². The number of halogens is 1. The lowest BCUT2D eigenvalue weighted by Crippen LogP contribution is -2.26. The van der Waals surface area contributed by atoms with Gasteiger partial charge in [-0.1, -0.05) is 23.7 Å². The van der Waals surface area contributed by atoms with Crippen molar-refractivity contribution in [3.63, 3.8) is 0 Å². The van der Waals surface area contributed by atoms with E-state index in [4.69, 9.17) is 16.0 Å². The van der Waals surface area contributed by atoms with Gasteiger partial charge in [-0.25, -0.2) is 0 Å². The molecule has 3 heterocycles. The van der Waals surface area contributed by atoms with E-state index in [9.17, 15) is 4.79 Å². The van der Waals surface area contributed by atoms with Crippen molar-refractivity contribution in [3.05, 3.63) is 58.8 Å². The molecule has 1 amide bonds. The average molecular weight is 371 g/mol. The first-order valence-corrected chi connectivity index (χ1v) is 9.14. The quantitative estimate of drug-likeness (QED) is 0.746. The monoisotopic (exact) mass is 370 g/mol. The maximum Gasteiger partial charge on any atom is 0.287 e. The molecule has 0 radical (unpaired) electrons. The zero-order valence-corrected chi connectivity index (χ0v) is 15.0. The van der Waals surface area contributed by atoms with E-state index in [1.807, 2.05) is 18.2 Å². The highest BCUT2D eigenvalue weighted by atomic mass is 35.5. The van der Waals surface area contributed by atoms with Crippen LogP contribution in [0.4, 0.5) is 0 Å². The summed E-state index contributed by atoms with van der Waals surface area (Å²) in [6.45, 7) is 1.45. The predicted molar refractivity (Wildman–Crippen MR) is 98.2 cm³/mol. The average Bonchev–Trinajstić information content (AvgIpc) is 3.30. The first-order valence-electron chi connectivity index (χ1n) is 8.76. The number of nitrogens with one attached hydrogen (secondary N) is 1. The van der Waals surface area contributed by atoms with Crippen molar-refractivity contribution < 1.29 is 9.21 Å². The van der Waals surface area contributed by atoms with E-state index < -0.39 is 0 Å². The number of nitrogens with zero attached hydrogens (tertiary/aromatic N) is 3. The van der Waals surface area contributed by atoms with Crippen molar-refractivity contribution in [3.8, 4) is 11.3 Å². The molecule has 26 heavy (non-hydrogen) atoms. The highest BCUT2D eigenvalue weighted by Crippen LogP contribution is 2.29. The largest absolute Gasteiger partial charge is 0.451 e. The number of amides is 1. The summed E-state index contributed by atoms with van der Waals surface area (Å²) in [6.07, 6.45) is 3.95. The van der Waals surface area contributed by atoms with E-state index in [1.165, 1.54) is 6.42 Å². The van der Waals surface area contributed by atoms with Crippen LogP contribution < -0.4 is 5.32 Å². The number of aryl methyl sites for hydroxylation is 1. The number of carbonyl (C=O) groups is 1. The van der Waals surface area contributed by atoms with Gasteiger partial charge in [0.2, 0.25) is 0 Å². The molecule has 0 unspecified atom stereocenters. The van der Waals surface area contributed by atoms with E-state index in [0.717, 1.165) is 36.6 Å². The van der Waals surface area contributed by atoms with Crippen LogP contribution in [0.5, 0.6) is 0 Å². The second kappa shape index (κ2) is 7.33. The summed E-state index contributed by atoms with van der Waals surface area (Å²) >= 11 is 6.17. The second-order valence-corrected chi connectivity index (χ2v) is 6.70. The van der Waals surface area contributed by atoms with E-state index in [0.29, 0.717) is 23.7 Å². The number of hydrogen-bond donors (Lipinski definition) is 1. The summed E-state index contributed by atoms with van der Waals surface area (Å²) in [6, 6.07) is 10.8. The molecular weight excluding hydrogens is 352 g/mol. The molecule has 1 N–H and O–H groups in total. The first kappa shape index (κ1) is 16.8. The fourth-order valence-corrected chi connectivity index (χ4v) is 3.42. The number of fused-ring (bicyclic) bond motifs is 1. The molecule has 134 valence electrons. The maximum absolute atomic E-state index is 12.3. The van der Waals surface area contributed by atoms with Crippen LogP contribution >= 0.6 is 11.6 Å². The second-order valence-electron chi connectivity index (χ2n) is 6.29. The van der Waals surface area contributed by atoms with Gasteiger partial charge in [0.25, 0.3) is 5.91 Å². The number of aromatic nitrogens is 3. The fourth-order valence-electron chi connectivity index (χ4n) is 3.19. The highest BCUT2D eigenvalue weighted by Gasteiger charge is 2.17.